The van der Waals surface area contributed by atoms with Gasteiger partial charge in [0.2, 0.25) is 0 Å². The minimum absolute atomic E-state index is 0.00358. The van der Waals surface area contributed by atoms with Gasteiger partial charge in [-0.3, -0.25) is 9.69 Å². The zero-order valence-electron chi connectivity index (χ0n) is 15.3. The number of ether oxygens (including phenoxy) is 2. The number of halogens is 2. The number of thiocarbonyl (C=S) groups is 1. The van der Waals surface area contributed by atoms with Gasteiger partial charge in [0.15, 0.2) is 16.7 Å². The Morgan fingerprint density at radius 2 is 1.93 bits per heavy atom. The number of nitrogens with zero attached hydrogens (tertiary/aromatic N) is 1. The van der Waals surface area contributed by atoms with E-state index in [1.165, 1.54) is 18.1 Å². The second kappa shape index (κ2) is 8.35. The van der Waals surface area contributed by atoms with Gasteiger partial charge in [-0.1, -0.05) is 6.07 Å². The molecule has 0 atom stereocenters. The van der Waals surface area contributed by atoms with E-state index in [2.05, 4.69) is 5.32 Å². The molecule has 1 fully saturated rings. The number of rotatable bonds is 6. The molecule has 0 spiro atoms. The van der Waals surface area contributed by atoms with Crippen molar-refractivity contribution in [3.63, 3.8) is 0 Å². The summed E-state index contributed by atoms with van der Waals surface area (Å²) in [5.74, 6) is -1.19. The molecule has 2 aromatic carbocycles. The fraction of sp³-hybridized carbons (Fsp3) is 0.200. The van der Waals surface area contributed by atoms with E-state index in [0.717, 1.165) is 17.7 Å². The van der Waals surface area contributed by atoms with Crippen molar-refractivity contribution in [3.8, 4) is 11.5 Å². The van der Waals surface area contributed by atoms with Crippen molar-refractivity contribution in [1.82, 2.24) is 10.2 Å². The van der Waals surface area contributed by atoms with Gasteiger partial charge in [0.1, 0.15) is 23.9 Å². The van der Waals surface area contributed by atoms with Gasteiger partial charge in [0, 0.05) is 18.2 Å². The van der Waals surface area contributed by atoms with E-state index < -0.39 is 11.6 Å². The van der Waals surface area contributed by atoms with Gasteiger partial charge in [0.25, 0.3) is 5.91 Å². The molecule has 0 aromatic heterocycles. The van der Waals surface area contributed by atoms with E-state index in [1.807, 2.05) is 6.92 Å². The molecule has 0 radical (unpaired) electrons. The quantitative estimate of drug-likeness (QED) is 0.589. The van der Waals surface area contributed by atoms with Gasteiger partial charge < -0.3 is 14.8 Å². The third kappa shape index (κ3) is 4.12. The molecule has 1 amide bonds. The molecule has 0 unspecified atom stereocenters. The molecule has 0 aliphatic carbocycles. The van der Waals surface area contributed by atoms with E-state index in [-0.39, 0.29) is 18.3 Å². The van der Waals surface area contributed by atoms with Crippen LogP contribution in [0.5, 0.6) is 11.5 Å². The zero-order chi connectivity index (χ0) is 20.3. The molecule has 146 valence electrons. The summed E-state index contributed by atoms with van der Waals surface area (Å²) in [7, 11) is 1.51. The Labute approximate surface area is 166 Å². The number of likely N-dealkylation sites (N-methyl/N-ethyl adjacent to an activating group) is 1. The fourth-order valence-electron chi connectivity index (χ4n) is 2.77. The van der Waals surface area contributed by atoms with Crippen LogP contribution in [0.15, 0.2) is 42.1 Å². The largest absolute Gasteiger partial charge is 0.496 e. The highest BCUT2D eigenvalue weighted by Crippen LogP contribution is 2.25. The van der Waals surface area contributed by atoms with Crippen molar-refractivity contribution in [1.29, 1.82) is 0 Å². The highest BCUT2D eigenvalue weighted by molar-refractivity contribution is 7.80. The Morgan fingerprint density at radius 3 is 2.57 bits per heavy atom. The lowest BCUT2D eigenvalue weighted by Crippen LogP contribution is -2.30. The van der Waals surface area contributed by atoms with E-state index >= 15 is 0 Å². The van der Waals surface area contributed by atoms with Crippen LogP contribution < -0.4 is 14.8 Å². The van der Waals surface area contributed by atoms with Crippen molar-refractivity contribution in [2.75, 3.05) is 13.7 Å². The fourth-order valence-corrected chi connectivity index (χ4v) is 3.10. The topological polar surface area (TPSA) is 50.8 Å². The second-order valence-corrected chi connectivity index (χ2v) is 6.36. The SMILES string of the molecule is CCN1C(=O)/C(=C\c2ccc(OC)c(COc3ccc(F)cc3F)c2)NC1=S. The molecule has 1 N–H and O–H groups in total. The third-order valence-corrected chi connectivity index (χ3v) is 4.49. The first kappa shape index (κ1) is 19.8. The molecule has 1 aliphatic heterocycles. The maximum Gasteiger partial charge on any atom is 0.276 e. The van der Waals surface area contributed by atoms with Gasteiger partial charge in [0.05, 0.1) is 7.11 Å². The summed E-state index contributed by atoms with van der Waals surface area (Å²) >= 11 is 5.14. The van der Waals surface area contributed by atoms with Crippen LogP contribution in [0.25, 0.3) is 6.08 Å². The maximum absolute atomic E-state index is 13.8. The molecule has 1 saturated heterocycles. The van der Waals surface area contributed by atoms with Gasteiger partial charge in [-0.2, -0.15) is 0 Å². The van der Waals surface area contributed by atoms with Gasteiger partial charge in [-0.25, -0.2) is 8.78 Å². The molecule has 28 heavy (non-hydrogen) atoms. The third-order valence-electron chi connectivity index (χ3n) is 4.17. The molecular weight excluding hydrogens is 386 g/mol. The zero-order valence-corrected chi connectivity index (χ0v) is 16.1. The molecule has 8 heteroatoms. The first-order valence-corrected chi connectivity index (χ1v) is 8.93. The number of benzene rings is 2. The van der Waals surface area contributed by atoms with Crippen LogP contribution in [-0.2, 0) is 11.4 Å². The van der Waals surface area contributed by atoms with Gasteiger partial charge in [-0.15, -0.1) is 0 Å². The van der Waals surface area contributed by atoms with Crippen LogP contribution in [0, 0.1) is 11.6 Å². The monoisotopic (exact) mass is 404 g/mol. The van der Waals surface area contributed by atoms with Crippen LogP contribution in [0.3, 0.4) is 0 Å². The summed E-state index contributed by atoms with van der Waals surface area (Å²) in [6, 6.07) is 8.37. The van der Waals surface area contributed by atoms with E-state index in [0.29, 0.717) is 28.7 Å². The summed E-state index contributed by atoms with van der Waals surface area (Å²) in [6.07, 6.45) is 1.67. The lowest BCUT2D eigenvalue weighted by Gasteiger charge is -2.12. The Balaban J connectivity index is 1.83. The van der Waals surface area contributed by atoms with Crippen molar-refractivity contribution < 1.29 is 23.0 Å². The minimum Gasteiger partial charge on any atom is -0.496 e. The Morgan fingerprint density at radius 1 is 1.18 bits per heavy atom. The number of methoxy groups -OCH3 is 1. The van der Waals surface area contributed by atoms with Gasteiger partial charge in [-0.05, 0) is 55.0 Å². The van der Waals surface area contributed by atoms with E-state index in [4.69, 9.17) is 21.7 Å². The number of amides is 1. The van der Waals surface area contributed by atoms with E-state index in [9.17, 15) is 13.6 Å². The van der Waals surface area contributed by atoms with Crippen LogP contribution in [0.4, 0.5) is 8.78 Å². The molecule has 1 aliphatic rings. The van der Waals surface area contributed by atoms with Crippen LogP contribution in [-0.4, -0.2) is 29.6 Å². The summed E-state index contributed by atoms with van der Waals surface area (Å²) in [5.41, 5.74) is 1.73. The molecule has 0 saturated carbocycles. The molecule has 1 heterocycles. The van der Waals surface area contributed by atoms with Crippen molar-refractivity contribution >= 4 is 29.3 Å². The van der Waals surface area contributed by atoms with Crippen LogP contribution in [0.1, 0.15) is 18.1 Å². The number of nitrogens with one attached hydrogen (secondary N) is 1. The molecule has 3 rings (SSSR count). The van der Waals surface area contributed by atoms with Crippen molar-refractivity contribution in [3.05, 3.63) is 64.9 Å². The average molecular weight is 404 g/mol. The summed E-state index contributed by atoms with van der Waals surface area (Å²) in [5, 5.41) is 3.26. The first-order chi connectivity index (χ1) is 13.4. The average Bonchev–Trinajstić information content (AvgIpc) is 2.93. The van der Waals surface area contributed by atoms with Gasteiger partial charge >= 0.3 is 0 Å². The van der Waals surface area contributed by atoms with Crippen molar-refractivity contribution in [2.24, 2.45) is 0 Å². The first-order valence-electron chi connectivity index (χ1n) is 8.52. The highest BCUT2D eigenvalue weighted by atomic mass is 32.1. The standard InChI is InChI=1S/C20H18F2N2O3S/c1-3-24-19(25)16(23-20(24)28)9-12-4-6-17(26-2)13(8-12)11-27-18-7-5-14(21)10-15(18)22/h4-10H,3,11H2,1-2H3,(H,23,28)/b16-9+. The molecule has 5 nitrogen and oxygen atoms in total. The Hall–Kier alpha value is -3.00. The number of hydrogen-bond donors (Lipinski definition) is 1. The smallest absolute Gasteiger partial charge is 0.276 e. The lowest BCUT2D eigenvalue weighted by atomic mass is 10.1. The predicted octanol–water partition coefficient (Wildman–Crippen LogP) is 3.63. The highest BCUT2D eigenvalue weighted by Gasteiger charge is 2.29. The number of hydrogen-bond acceptors (Lipinski definition) is 4. The normalized spacial score (nSPS) is 15.1. The van der Waals surface area contributed by atoms with Crippen LogP contribution in [0.2, 0.25) is 0 Å². The van der Waals surface area contributed by atoms with E-state index in [1.54, 1.807) is 24.3 Å². The Bertz CT molecular complexity index is 962. The maximum atomic E-state index is 13.8. The Kier molecular flexibility index (Phi) is 5.89. The van der Waals surface area contributed by atoms with Crippen LogP contribution >= 0.6 is 12.2 Å². The number of carbonyl (C=O) groups is 1. The molecular formula is C20H18F2N2O3S. The van der Waals surface area contributed by atoms with Crippen molar-refractivity contribution in [2.45, 2.75) is 13.5 Å². The second-order valence-electron chi connectivity index (χ2n) is 5.97. The minimum atomic E-state index is -0.786. The molecule has 2 aromatic rings. The summed E-state index contributed by atoms with van der Waals surface area (Å²) in [4.78, 5) is 13.8. The molecule has 0 bridgehead atoms. The summed E-state index contributed by atoms with van der Waals surface area (Å²) < 4.78 is 37.6. The summed E-state index contributed by atoms with van der Waals surface area (Å²) in [6.45, 7) is 2.32. The number of carbonyl (C=O) groups excluding carboxylic acids is 1. The predicted molar refractivity (Wildman–Crippen MR) is 105 cm³/mol. The lowest BCUT2D eigenvalue weighted by molar-refractivity contribution is -0.122.